The minimum atomic E-state index is -0.00874. The molecular formula is C18H25N2O4+. The first-order valence-corrected chi connectivity index (χ1v) is 7.86. The van der Waals surface area contributed by atoms with Crippen LogP contribution in [0, 0.1) is 6.92 Å². The third-order valence-corrected chi connectivity index (χ3v) is 3.67. The van der Waals surface area contributed by atoms with Gasteiger partial charge in [-0.3, -0.25) is 4.79 Å². The van der Waals surface area contributed by atoms with Gasteiger partial charge in [0, 0.05) is 6.54 Å². The topological polar surface area (TPSA) is 65.1 Å². The molecule has 1 atom stereocenters. The van der Waals surface area contributed by atoms with Crippen LogP contribution in [0.1, 0.15) is 17.1 Å². The molecule has 1 aromatic heterocycles. The van der Waals surface area contributed by atoms with E-state index in [0.717, 1.165) is 22.0 Å². The lowest BCUT2D eigenvalue weighted by molar-refractivity contribution is -0.886. The fourth-order valence-corrected chi connectivity index (χ4v) is 2.47. The number of hydrogen-bond acceptors (Lipinski definition) is 4. The fraction of sp³-hybridized carbons (Fsp3) is 0.389. The van der Waals surface area contributed by atoms with Gasteiger partial charge in [0.25, 0.3) is 5.91 Å². The molecule has 0 spiro atoms. The first kappa shape index (κ1) is 17.9. The van der Waals surface area contributed by atoms with Crippen LogP contribution >= 0.6 is 0 Å². The monoisotopic (exact) mass is 333 g/mol. The molecule has 24 heavy (non-hydrogen) atoms. The summed E-state index contributed by atoms with van der Waals surface area (Å²) in [6.45, 7) is 3.42. The number of hydrogen-bond donors (Lipinski definition) is 2. The van der Waals surface area contributed by atoms with E-state index in [9.17, 15) is 4.79 Å². The van der Waals surface area contributed by atoms with Crippen molar-refractivity contribution in [3.05, 3.63) is 47.4 Å². The molecule has 1 aromatic carbocycles. The Morgan fingerprint density at radius 2 is 1.92 bits per heavy atom. The Morgan fingerprint density at radius 1 is 1.17 bits per heavy atom. The Labute approximate surface area is 142 Å². The third kappa shape index (κ3) is 5.03. The Morgan fingerprint density at radius 3 is 2.54 bits per heavy atom. The Hall–Kier alpha value is -2.47. The maximum Gasteiger partial charge on any atom is 0.275 e. The van der Waals surface area contributed by atoms with E-state index in [2.05, 4.69) is 5.32 Å². The summed E-state index contributed by atoms with van der Waals surface area (Å²) in [7, 11) is 5.15. The van der Waals surface area contributed by atoms with Gasteiger partial charge in [-0.05, 0) is 36.8 Å². The molecule has 1 unspecified atom stereocenters. The van der Waals surface area contributed by atoms with Gasteiger partial charge >= 0.3 is 0 Å². The molecule has 0 saturated carbocycles. The van der Waals surface area contributed by atoms with Gasteiger partial charge in [0.05, 0.1) is 21.3 Å². The summed E-state index contributed by atoms with van der Waals surface area (Å²) < 4.78 is 16.0. The highest BCUT2D eigenvalue weighted by Gasteiger charge is 2.12. The van der Waals surface area contributed by atoms with Crippen molar-refractivity contribution in [1.29, 1.82) is 0 Å². The van der Waals surface area contributed by atoms with E-state index in [0.29, 0.717) is 31.1 Å². The van der Waals surface area contributed by atoms with E-state index in [1.165, 1.54) is 0 Å². The molecule has 2 rings (SSSR count). The number of furan rings is 1. The Bertz CT molecular complexity index is 681. The zero-order valence-electron chi connectivity index (χ0n) is 14.6. The second-order valence-electron chi connectivity index (χ2n) is 5.79. The Kier molecular flexibility index (Phi) is 6.26. The number of aryl methyl sites for hydroxylation is 1. The molecule has 0 aliphatic rings. The van der Waals surface area contributed by atoms with Crippen LogP contribution in [0.4, 0.5) is 0 Å². The summed E-state index contributed by atoms with van der Waals surface area (Å²) in [5.74, 6) is 3.09. The molecule has 6 nitrogen and oxygen atoms in total. The van der Waals surface area contributed by atoms with Gasteiger partial charge in [0.2, 0.25) is 0 Å². The molecule has 0 fully saturated rings. The highest BCUT2D eigenvalue weighted by Crippen LogP contribution is 2.27. The summed E-state index contributed by atoms with van der Waals surface area (Å²) in [6.07, 6.45) is 0. The van der Waals surface area contributed by atoms with Crippen LogP contribution in [0.15, 0.2) is 34.7 Å². The predicted octanol–water partition coefficient (Wildman–Crippen LogP) is 0.936. The van der Waals surface area contributed by atoms with Crippen molar-refractivity contribution in [3.8, 4) is 11.5 Å². The summed E-state index contributed by atoms with van der Waals surface area (Å²) in [6, 6.07) is 9.47. The maximum atomic E-state index is 12.1. The van der Waals surface area contributed by atoms with E-state index in [-0.39, 0.29) is 5.91 Å². The SMILES string of the molecule is COc1ccc(CNC(=O)C[NH+](C)Cc2ccc(C)o2)cc1OC. The van der Waals surface area contributed by atoms with Gasteiger partial charge in [-0.1, -0.05) is 6.07 Å². The molecule has 0 bridgehead atoms. The number of methoxy groups -OCH3 is 2. The third-order valence-electron chi connectivity index (χ3n) is 3.67. The molecule has 0 radical (unpaired) electrons. The molecule has 2 aromatic rings. The van der Waals surface area contributed by atoms with Gasteiger partial charge in [-0.2, -0.15) is 0 Å². The van der Waals surface area contributed by atoms with Gasteiger partial charge in [0.1, 0.15) is 12.3 Å². The van der Waals surface area contributed by atoms with Crippen LogP contribution in [0.5, 0.6) is 11.5 Å². The summed E-state index contributed by atoms with van der Waals surface area (Å²) in [4.78, 5) is 13.1. The number of carbonyl (C=O) groups is 1. The summed E-state index contributed by atoms with van der Waals surface area (Å²) >= 11 is 0. The van der Waals surface area contributed by atoms with E-state index in [4.69, 9.17) is 13.9 Å². The molecule has 1 heterocycles. The zero-order valence-corrected chi connectivity index (χ0v) is 14.6. The van der Waals surface area contributed by atoms with Crippen LogP contribution in [0.3, 0.4) is 0 Å². The van der Waals surface area contributed by atoms with Crippen molar-refractivity contribution >= 4 is 5.91 Å². The molecule has 130 valence electrons. The number of quaternary nitrogens is 1. The summed E-state index contributed by atoms with van der Waals surface area (Å²) in [5, 5.41) is 2.92. The number of carbonyl (C=O) groups excluding carboxylic acids is 1. The number of nitrogens with one attached hydrogen (secondary N) is 2. The van der Waals surface area contributed by atoms with Crippen LogP contribution in [-0.4, -0.2) is 33.7 Å². The molecule has 6 heteroatoms. The van der Waals surface area contributed by atoms with Gasteiger partial charge in [0.15, 0.2) is 23.8 Å². The average Bonchev–Trinajstić information content (AvgIpc) is 2.97. The molecule has 2 N–H and O–H groups in total. The lowest BCUT2D eigenvalue weighted by Crippen LogP contribution is -3.08. The maximum absolute atomic E-state index is 12.1. The lowest BCUT2D eigenvalue weighted by Gasteiger charge is -2.13. The van der Waals surface area contributed by atoms with E-state index < -0.39 is 0 Å². The second kappa shape index (κ2) is 8.40. The van der Waals surface area contributed by atoms with Crippen LogP contribution in [-0.2, 0) is 17.9 Å². The largest absolute Gasteiger partial charge is 0.493 e. The first-order chi connectivity index (χ1) is 11.5. The molecular weight excluding hydrogens is 308 g/mol. The minimum Gasteiger partial charge on any atom is -0.493 e. The molecule has 1 amide bonds. The van der Waals surface area contributed by atoms with Gasteiger partial charge < -0.3 is 24.1 Å². The van der Waals surface area contributed by atoms with Crippen molar-refractivity contribution in [1.82, 2.24) is 5.32 Å². The number of likely N-dealkylation sites (N-methyl/N-ethyl adjacent to an activating group) is 1. The highest BCUT2D eigenvalue weighted by atomic mass is 16.5. The van der Waals surface area contributed by atoms with Gasteiger partial charge in [-0.25, -0.2) is 0 Å². The standard InChI is InChI=1S/C18H24N2O4/c1-13-5-7-15(24-13)11-20(2)12-18(21)19-10-14-6-8-16(22-3)17(9-14)23-4/h5-9H,10-12H2,1-4H3,(H,19,21)/p+1. The van der Waals surface area contributed by atoms with E-state index in [1.807, 2.05) is 44.3 Å². The number of amides is 1. The van der Waals surface area contributed by atoms with Crippen molar-refractivity contribution < 1.29 is 23.6 Å². The average molecular weight is 333 g/mol. The number of rotatable bonds is 8. The Balaban J connectivity index is 1.82. The van der Waals surface area contributed by atoms with Crippen LogP contribution < -0.4 is 19.7 Å². The fourth-order valence-electron chi connectivity index (χ4n) is 2.47. The number of ether oxygens (including phenoxy) is 2. The summed E-state index contributed by atoms with van der Waals surface area (Å²) in [5.41, 5.74) is 0.959. The molecule has 0 aliphatic heterocycles. The highest BCUT2D eigenvalue weighted by molar-refractivity contribution is 5.76. The van der Waals surface area contributed by atoms with Crippen molar-refractivity contribution in [3.63, 3.8) is 0 Å². The zero-order chi connectivity index (χ0) is 17.5. The second-order valence-corrected chi connectivity index (χ2v) is 5.79. The van der Waals surface area contributed by atoms with Crippen molar-refractivity contribution in [2.24, 2.45) is 0 Å². The molecule has 0 saturated heterocycles. The minimum absolute atomic E-state index is 0.00874. The van der Waals surface area contributed by atoms with E-state index in [1.54, 1.807) is 14.2 Å². The van der Waals surface area contributed by atoms with Gasteiger partial charge in [-0.15, -0.1) is 0 Å². The molecule has 0 aliphatic carbocycles. The quantitative estimate of drug-likeness (QED) is 0.754. The van der Waals surface area contributed by atoms with Crippen LogP contribution in [0.25, 0.3) is 0 Å². The van der Waals surface area contributed by atoms with Crippen molar-refractivity contribution in [2.45, 2.75) is 20.0 Å². The first-order valence-electron chi connectivity index (χ1n) is 7.86. The van der Waals surface area contributed by atoms with Crippen molar-refractivity contribution in [2.75, 3.05) is 27.8 Å². The predicted molar refractivity (Wildman–Crippen MR) is 90.3 cm³/mol. The normalized spacial score (nSPS) is 11.8. The van der Waals surface area contributed by atoms with E-state index >= 15 is 0 Å². The number of benzene rings is 1. The van der Waals surface area contributed by atoms with Crippen LogP contribution in [0.2, 0.25) is 0 Å². The lowest BCUT2D eigenvalue weighted by atomic mass is 10.2. The smallest absolute Gasteiger partial charge is 0.275 e.